The zero-order valence-electron chi connectivity index (χ0n) is 15.2. The predicted molar refractivity (Wildman–Crippen MR) is 94.1 cm³/mol. The minimum atomic E-state index is -0.841. The Hall–Kier alpha value is -2.24. The number of carbonyl (C=O) groups is 2. The van der Waals surface area contributed by atoms with E-state index in [1.165, 1.54) is 13.5 Å². The van der Waals surface area contributed by atoms with Crippen LogP contribution in [0, 0.1) is 0 Å². The Kier molecular flexibility index (Phi) is 7.10. The number of ether oxygens (including phenoxy) is 3. The fourth-order valence-corrected chi connectivity index (χ4v) is 2.92. The molecule has 1 saturated carbocycles. The fourth-order valence-electron chi connectivity index (χ4n) is 2.92. The van der Waals surface area contributed by atoms with Crippen LogP contribution in [0.3, 0.4) is 0 Å². The first-order chi connectivity index (χ1) is 12.0. The third kappa shape index (κ3) is 5.37. The highest BCUT2D eigenvalue weighted by Crippen LogP contribution is 2.28. The molecule has 0 radical (unpaired) electrons. The van der Waals surface area contributed by atoms with Gasteiger partial charge in [-0.3, -0.25) is 4.79 Å². The van der Waals surface area contributed by atoms with Crippen LogP contribution in [0.5, 0.6) is 11.5 Å². The lowest BCUT2D eigenvalue weighted by atomic mass is 9.95. The second-order valence-electron chi connectivity index (χ2n) is 6.19. The number of carbonyl (C=O) groups excluding carboxylic acids is 2. The summed E-state index contributed by atoms with van der Waals surface area (Å²) in [6, 6.07) is 5.00. The van der Waals surface area contributed by atoms with Crippen LogP contribution in [0.1, 0.15) is 56.3 Å². The topological polar surface area (TPSA) is 73.9 Å². The van der Waals surface area contributed by atoms with Gasteiger partial charge in [0.05, 0.1) is 19.3 Å². The van der Waals surface area contributed by atoms with E-state index in [9.17, 15) is 9.59 Å². The Balaban J connectivity index is 1.94. The molecule has 1 atom stereocenters. The molecule has 138 valence electrons. The average Bonchev–Trinajstić information content (AvgIpc) is 2.63. The quantitative estimate of drug-likeness (QED) is 0.766. The van der Waals surface area contributed by atoms with Gasteiger partial charge in [0.15, 0.2) is 17.6 Å². The summed E-state index contributed by atoms with van der Waals surface area (Å²) in [7, 11) is 1.51. The summed E-state index contributed by atoms with van der Waals surface area (Å²) in [4.78, 5) is 24.5. The molecule has 0 aliphatic heterocycles. The number of nitrogens with one attached hydrogen (secondary N) is 1. The van der Waals surface area contributed by atoms with Crippen molar-refractivity contribution in [1.82, 2.24) is 5.32 Å². The van der Waals surface area contributed by atoms with Crippen molar-refractivity contribution in [1.29, 1.82) is 0 Å². The first-order valence-corrected chi connectivity index (χ1v) is 8.87. The van der Waals surface area contributed by atoms with Gasteiger partial charge in [-0.25, -0.2) is 4.79 Å². The molecule has 0 heterocycles. The third-order valence-corrected chi connectivity index (χ3v) is 4.30. The van der Waals surface area contributed by atoms with Crippen LogP contribution in [0.4, 0.5) is 0 Å². The minimum Gasteiger partial charge on any atom is -0.493 e. The van der Waals surface area contributed by atoms with E-state index in [1.807, 2.05) is 6.92 Å². The average molecular weight is 349 g/mol. The van der Waals surface area contributed by atoms with Crippen LogP contribution < -0.4 is 14.8 Å². The lowest BCUT2D eigenvalue weighted by molar-refractivity contribution is -0.130. The highest BCUT2D eigenvalue weighted by molar-refractivity contribution is 5.92. The molecule has 0 saturated heterocycles. The van der Waals surface area contributed by atoms with Gasteiger partial charge in [-0.1, -0.05) is 19.3 Å². The zero-order valence-corrected chi connectivity index (χ0v) is 15.2. The van der Waals surface area contributed by atoms with Crippen molar-refractivity contribution in [3.8, 4) is 11.5 Å². The molecule has 1 aliphatic carbocycles. The first-order valence-electron chi connectivity index (χ1n) is 8.87. The van der Waals surface area contributed by atoms with E-state index in [0.29, 0.717) is 23.7 Å². The maximum absolute atomic E-state index is 12.3. The lowest BCUT2D eigenvalue weighted by Crippen LogP contribution is -2.42. The molecule has 0 bridgehead atoms. The Morgan fingerprint density at radius 3 is 2.56 bits per heavy atom. The molecular weight excluding hydrogens is 322 g/mol. The maximum Gasteiger partial charge on any atom is 0.339 e. The van der Waals surface area contributed by atoms with Crippen LogP contribution in [0.25, 0.3) is 0 Å². The van der Waals surface area contributed by atoms with Crippen molar-refractivity contribution < 1.29 is 23.8 Å². The molecule has 2 rings (SSSR count). The van der Waals surface area contributed by atoms with Crippen LogP contribution in [0.2, 0.25) is 0 Å². The van der Waals surface area contributed by atoms with Gasteiger partial charge in [-0.15, -0.1) is 0 Å². The lowest BCUT2D eigenvalue weighted by Gasteiger charge is -2.24. The number of hydrogen-bond donors (Lipinski definition) is 1. The van der Waals surface area contributed by atoms with Crippen molar-refractivity contribution >= 4 is 11.9 Å². The number of hydrogen-bond acceptors (Lipinski definition) is 5. The second kappa shape index (κ2) is 9.30. The Morgan fingerprint density at radius 2 is 1.92 bits per heavy atom. The van der Waals surface area contributed by atoms with E-state index >= 15 is 0 Å². The van der Waals surface area contributed by atoms with Crippen molar-refractivity contribution in [3.05, 3.63) is 23.8 Å². The molecule has 0 aromatic heterocycles. The van der Waals surface area contributed by atoms with E-state index in [4.69, 9.17) is 14.2 Å². The summed E-state index contributed by atoms with van der Waals surface area (Å²) in [5.74, 6) is 0.200. The van der Waals surface area contributed by atoms with Gasteiger partial charge < -0.3 is 19.5 Å². The molecule has 1 N–H and O–H groups in total. The van der Waals surface area contributed by atoms with Gasteiger partial charge in [0.2, 0.25) is 0 Å². The van der Waals surface area contributed by atoms with Crippen LogP contribution in [-0.4, -0.2) is 37.7 Å². The number of amides is 1. The summed E-state index contributed by atoms with van der Waals surface area (Å²) >= 11 is 0. The molecule has 1 aromatic rings. The number of methoxy groups -OCH3 is 1. The summed E-state index contributed by atoms with van der Waals surface area (Å²) < 4.78 is 15.9. The molecule has 1 fully saturated rings. The van der Waals surface area contributed by atoms with Crippen molar-refractivity contribution in [2.45, 2.75) is 58.1 Å². The highest BCUT2D eigenvalue weighted by Gasteiger charge is 2.23. The van der Waals surface area contributed by atoms with E-state index in [1.54, 1.807) is 25.1 Å². The second-order valence-corrected chi connectivity index (χ2v) is 6.19. The molecule has 6 heteroatoms. The Labute approximate surface area is 148 Å². The van der Waals surface area contributed by atoms with Gasteiger partial charge in [0, 0.05) is 6.04 Å². The SMILES string of the molecule is CCOc1ccc(C(=O)OC(C)C(=O)NC2CCCCC2)cc1OC. The molecule has 1 amide bonds. The normalized spacial score (nSPS) is 16.0. The van der Waals surface area contributed by atoms with Crippen molar-refractivity contribution in [3.63, 3.8) is 0 Å². The summed E-state index contributed by atoms with van der Waals surface area (Å²) in [6.07, 6.45) is 4.62. The van der Waals surface area contributed by atoms with E-state index in [2.05, 4.69) is 5.32 Å². The van der Waals surface area contributed by atoms with Crippen molar-refractivity contribution in [2.24, 2.45) is 0 Å². The van der Waals surface area contributed by atoms with Crippen molar-refractivity contribution in [2.75, 3.05) is 13.7 Å². The highest BCUT2D eigenvalue weighted by atomic mass is 16.5. The minimum absolute atomic E-state index is 0.188. The van der Waals surface area contributed by atoms with E-state index < -0.39 is 12.1 Å². The van der Waals surface area contributed by atoms with E-state index in [-0.39, 0.29) is 11.9 Å². The molecular formula is C19H27NO5. The van der Waals surface area contributed by atoms with Gasteiger partial charge in [-0.05, 0) is 44.9 Å². The Bertz CT molecular complexity index is 595. The number of benzene rings is 1. The molecule has 1 aliphatic rings. The fraction of sp³-hybridized carbons (Fsp3) is 0.579. The Morgan fingerprint density at radius 1 is 1.20 bits per heavy atom. The standard InChI is InChI=1S/C19H27NO5/c1-4-24-16-11-10-14(12-17(16)23-3)19(22)25-13(2)18(21)20-15-8-6-5-7-9-15/h10-13,15H,4-9H2,1-3H3,(H,20,21). The van der Waals surface area contributed by atoms with Crippen LogP contribution in [-0.2, 0) is 9.53 Å². The smallest absolute Gasteiger partial charge is 0.339 e. The van der Waals surface area contributed by atoms with Gasteiger partial charge in [0.1, 0.15) is 0 Å². The van der Waals surface area contributed by atoms with E-state index in [0.717, 1.165) is 25.7 Å². The first kappa shape index (κ1) is 19.1. The molecule has 0 spiro atoms. The summed E-state index contributed by atoms with van der Waals surface area (Å²) in [5.41, 5.74) is 0.317. The molecule has 6 nitrogen and oxygen atoms in total. The molecule has 25 heavy (non-hydrogen) atoms. The number of esters is 1. The summed E-state index contributed by atoms with van der Waals surface area (Å²) in [6.45, 7) is 3.95. The predicted octanol–water partition coefficient (Wildman–Crippen LogP) is 3.09. The van der Waals surface area contributed by atoms with Gasteiger partial charge in [-0.2, -0.15) is 0 Å². The number of rotatable bonds is 7. The zero-order chi connectivity index (χ0) is 18.2. The van der Waals surface area contributed by atoms with Crippen LogP contribution in [0.15, 0.2) is 18.2 Å². The van der Waals surface area contributed by atoms with Gasteiger partial charge in [0.25, 0.3) is 5.91 Å². The van der Waals surface area contributed by atoms with Crippen LogP contribution >= 0.6 is 0 Å². The maximum atomic E-state index is 12.3. The molecule has 1 aromatic carbocycles. The molecule has 1 unspecified atom stereocenters. The van der Waals surface area contributed by atoms with Gasteiger partial charge >= 0.3 is 5.97 Å². The monoisotopic (exact) mass is 349 g/mol. The summed E-state index contributed by atoms with van der Waals surface area (Å²) in [5, 5.41) is 2.96. The third-order valence-electron chi connectivity index (χ3n) is 4.30. The largest absolute Gasteiger partial charge is 0.493 e.